The molecule has 0 fully saturated rings. The van der Waals surface area contributed by atoms with Crippen molar-refractivity contribution in [3.8, 4) is 5.69 Å². The van der Waals surface area contributed by atoms with Crippen molar-refractivity contribution < 1.29 is 9.63 Å². The van der Waals surface area contributed by atoms with E-state index in [1.165, 1.54) is 7.11 Å². The van der Waals surface area contributed by atoms with Crippen molar-refractivity contribution in [2.24, 2.45) is 5.16 Å². The van der Waals surface area contributed by atoms with Crippen molar-refractivity contribution in [3.05, 3.63) is 83.7 Å². The van der Waals surface area contributed by atoms with Crippen LogP contribution in [0.2, 0.25) is 0 Å². The number of nitrogens with one attached hydrogen (secondary N) is 1. The van der Waals surface area contributed by atoms with Crippen molar-refractivity contribution in [2.75, 3.05) is 7.11 Å². The van der Waals surface area contributed by atoms with Crippen LogP contribution in [0, 0.1) is 0 Å². The first kappa shape index (κ1) is 16.4. The predicted octanol–water partition coefficient (Wildman–Crippen LogP) is 2.78. The lowest BCUT2D eigenvalue weighted by molar-refractivity contribution is 0.0951. The highest BCUT2D eigenvalue weighted by Crippen LogP contribution is 2.08. The zero-order valence-corrected chi connectivity index (χ0v) is 13.8. The van der Waals surface area contributed by atoms with Crippen LogP contribution in [0.25, 0.3) is 5.69 Å². The predicted molar refractivity (Wildman–Crippen MR) is 95.8 cm³/mol. The van der Waals surface area contributed by atoms with E-state index in [0.29, 0.717) is 12.1 Å². The van der Waals surface area contributed by atoms with E-state index in [4.69, 9.17) is 0 Å². The van der Waals surface area contributed by atoms with E-state index in [-0.39, 0.29) is 5.91 Å². The maximum Gasteiger partial charge on any atom is 0.251 e. The normalized spacial score (nSPS) is 10.8. The molecule has 0 saturated heterocycles. The molecule has 0 radical (unpaired) electrons. The maximum absolute atomic E-state index is 12.2. The Hall–Kier alpha value is -3.41. The van der Waals surface area contributed by atoms with Gasteiger partial charge in [-0.25, -0.2) is 4.68 Å². The van der Waals surface area contributed by atoms with Crippen LogP contribution in [0.15, 0.2) is 72.1 Å². The number of rotatable bonds is 6. The summed E-state index contributed by atoms with van der Waals surface area (Å²) in [6.45, 7) is 0.415. The lowest BCUT2D eigenvalue weighted by Gasteiger charge is -2.04. The van der Waals surface area contributed by atoms with Gasteiger partial charge in [0.15, 0.2) is 0 Å². The van der Waals surface area contributed by atoms with Gasteiger partial charge in [-0.3, -0.25) is 4.79 Å². The molecule has 0 unspecified atom stereocenters. The molecular weight excluding hydrogens is 316 g/mol. The Bertz CT molecular complexity index is 855. The van der Waals surface area contributed by atoms with Crippen LogP contribution >= 0.6 is 0 Å². The minimum absolute atomic E-state index is 0.136. The molecule has 1 aromatic heterocycles. The number of hydrogen-bond donors (Lipinski definition) is 1. The average molecular weight is 334 g/mol. The number of aromatic nitrogens is 2. The number of carbonyl (C=O) groups is 1. The fraction of sp³-hybridized carbons (Fsp3) is 0.105. The molecule has 0 aliphatic carbocycles. The minimum atomic E-state index is -0.136. The molecule has 1 heterocycles. The lowest BCUT2D eigenvalue weighted by Crippen LogP contribution is -2.22. The lowest BCUT2D eigenvalue weighted by atomic mass is 10.1. The summed E-state index contributed by atoms with van der Waals surface area (Å²) < 4.78 is 1.78. The molecule has 6 nitrogen and oxygen atoms in total. The summed E-state index contributed by atoms with van der Waals surface area (Å²) >= 11 is 0. The summed E-state index contributed by atoms with van der Waals surface area (Å²) in [5.41, 5.74) is 3.36. The number of nitrogens with zero attached hydrogens (tertiary/aromatic N) is 3. The molecule has 1 amide bonds. The van der Waals surface area contributed by atoms with Crippen molar-refractivity contribution in [3.63, 3.8) is 0 Å². The molecule has 6 heteroatoms. The number of para-hydroxylation sites is 1. The Morgan fingerprint density at radius 1 is 1.20 bits per heavy atom. The second-order valence-corrected chi connectivity index (χ2v) is 5.35. The number of hydrogen-bond acceptors (Lipinski definition) is 4. The van der Waals surface area contributed by atoms with Gasteiger partial charge >= 0.3 is 0 Å². The molecule has 0 saturated carbocycles. The quantitative estimate of drug-likeness (QED) is 0.557. The summed E-state index contributed by atoms with van der Waals surface area (Å²) in [5, 5.41) is 10.9. The molecule has 2 aromatic carbocycles. The van der Waals surface area contributed by atoms with E-state index in [0.717, 1.165) is 16.8 Å². The van der Waals surface area contributed by atoms with Gasteiger partial charge in [-0.2, -0.15) is 5.10 Å². The van der Waals surface area contributed by atoms with Gasteiger partial charge in [0.1, 0.15) is 7.11 Å². The first-order valence-electron chi connectivity index (χ1n) is 7.80. The largest absolute Gasteiger partial charge is 0.399 e. The maximum atomic E-state index is 12.2. The number of oxime groups is 1. The van der Waals surface area contributed by atoms with Crippen LogP contribution in [0.1, 0.15) is 21.5 Å². The average Bonchev–Trinajstić information content (AvgIpc) is 3.14. The highest BCUT2D eigenvalue weighted by molar-refractivity contribution is 5.94. The van der Waals surface area contributed by atoms with Crippen molar-refractivity contribution >= 4 is 12.1 Å². The fourth-order valence-electron chi connectivity index (χ4n) is 2.29. The Morgan fingerprint density at radius 2 is 1.96 bits per heavy atom. The number of carbonyl (C=O) groups excluding carboxylic acids is 1. The number of amides is 1. The summed E-state index contributed by atoms with van der Waals surface area (Å²) in [6.07, 6.45) is 5.23. The first-order chi connectivity index (χ1) is 12.3. The third-order valence-electron chi connectivity index (χ3n) is 3.59. The second kappa shape index (κ2) is 7.92. The summed E-state index contributed by atoms with van der Waals surface area (Å²) in [4.78, 5) is 16.9. The van der Waals surface area contributed by atoms with Gasteiger partial charge in [-0.05, 0) is 29.8 Å². The Labute approximate surface area is 145 Å². The summed E-state index contributed by atoms with van der Waals surface area (Å²) in [7, 11) is 1.48. The van der Waals surface area contributed by atoms with E-state index < -0.39 is 0 Å². The standard InChI is InChI=1S/C19H18N4O2/c1-25-22-13-15-7-9-17(10-8-15)19(24)20-11-16-12-21-23(14-16)18-5-3-2-4-6-18/h2-10,12-14H,11H2,1H3,(H,20,24)/b22-13+. The molecule has 3 aromatic rings. The van der Waals surface area contributed by atoms with Crippen LogP contribution in [-0.2, 0) is 11.4 Å². The smallest absolute Gasteiger partial charge is 0.251 e. The zero-order valence-electron chi connectivity index (χ0n) is 13.8. The second-order valence-electron chi connectivity index (χ2n) is 5.35. The van der Waals surface area contributed by atoms with Gasteiger partial charge in [0, 0.05) is 23.9 Å². The topological polar surface area (TPSA) is 68.5 Å². The van der Waals surface area contributed by atoms with Crippen molar-refractivity contribution in [2.45, 2.75) is 6.54 Å². The van der Waals surface area contributed by atoms with E-state index in [9.17, 15) is 4.79 Å². The van der Waals surface area contributed by atoms with Gasteiger partial charge in [0.2, 0.25) is 0 Å². The highest BCUT2D eigenvalue weighted by atomic mass is 16.6. The first-order valence-corrected chi connectivity index (χ1v) is 7.80. The third-order valence-corrected chi connectivity index (χ3v) is 3.59. The van der Waals surface area contributed by atoms with Crippen molar-refractivity contribution in [1.82, 2.24) is 15.1 Å². The van der Waals surface area contributed by atoms with Crippen LogP contribution in [-0.4, -0.2) is 29.0 Å². The zero-order chi connectivity index (χ0) is 17.5. The molecule has 0 atom stereocenters. The Morgan fingerprint density at radius 3 is 2.68 bits per heavy atom. The van der Waals surface area contributed by atoms with Gasteiger partial charge in [-0.15, -0.1) is 0 Å². The molecule has 1 N–H and O–H groups in total. The Balaban J connectivity index is 1.59. The summed E-state index contributed by atoms with van der Waals surface area (Å²) in [6, 6.07) is 16.9. The van der Waals surface area contributed by atoms with Crippen LogP contribution < -0.4 is 5.32 Å². The van der Waals surface area contributed by atoms with Crippen LogP contribution in [0.3, 0.4) is 0 Å². The van der Waals surface area contributed by atoms with Crippen LogP contribution in [0.5, 0.6) is 0 Å². The van der Waals surface area contributed by atoms with Crippen molar-refractivity contribution in [1.29, 1.82) is 0 Å². The van der Waals surface area contributed by atoms with Gasteiger partial charge in [-0.1, -0.05) is 35.5 Å². The molecule has 0 aliphatic heterocycles. The molecule has 0 spiro atoms. The van der Waals surface area contributed by atoms with E-state index in [1.54, 1.807) is 29.2 Å². The van der Waals surface area contributed by atoms with Crippen LogP contribution in [0.4, 0.5) is 0 Å². The van der Waals surface area contributed by atoms with E-state index in [1.807, 2.05) is 48.7 Å². The molecule has 126 valence electrons. The monoisotopic (exact) mass is 334 g/mol. The minimum Gasteiger partial charge on any atom is -0.399 e. The number of benzene rings is 2. The molecule has 0 bridgehead atoms. The molecule has 3 rings (SSSR count). The Kier molecular flexibility index (Phi) is 5.21. The SMILES string of the molecule is CO/N=C/c1ccc(C(=O)NCc2cnn(-c3ccccc3)c2)cc1. The highest BCUT2D eigenvalue weighted by Gasteiger charge is 2.06. The molecule has 0 aliphatic rings. The van der Waals surface area contributed by atoms with E-state index in [2.05, 4.69) is 20.4 Å². The molecular formula is C19H18N4O2. The van der Waals surface area contributed by atoms with E-state index >= 15 is 0 Å². The third kappa shape index (κ3) is 4.32. The molecule has 25 heavy (non-hydrogen) atoms. The van der Waals surface area contributed by atoms with Gasteiger partial charge in [0.05, 0.1) is 18.1 Å². The van der Waals surface area contributed by atoms with Gasteiger partial charge < -0.3 is 10.2 Å². The van der Waals surface area contributed by atoms with Gasteiger partial charge in [0.25, 0.3) is 5.91 Å². The fourth-order valence-corrected chi connectivity index (χ4v) is 2.29. The summed E-state index contributed by atoms with van der Waals surface area (Å²) in [5.74, 6) is -0.136.